The number of amides is 1. The molecule has 0 saturated heterocycles. The summed E-state index contributed by atoms with van der Waals surface area (Å²) in [4.78, 5) is 16.3. The van der Waals surface area contributed by atoms with Crippen LogP contribution in [0, 0.1) is 5.82 Å². The molecule has 0 fully saturated rings. The molecule has 6 nitrogen and oxygen atoms in total. The second-order valence-corrected chi connectivity index (χ2v) is 7.97. The summed E-state index contributed by atoms with van der Waals surface area (Å²) in [6.07, 6.45) is -1.67. The average Bonchev–Trinajstić information content (AvgIpc) is 3.20. The van der Waals surface area contributed by atoms with Gasteiger partial charge in [-0.1, -0.05) is 31.2 Å². The number of nitrogens with zero attached hydrogens (tertiary/aromatic N) is 3. The summed E-state index contributed by atoms with van der Waals surface area (Å²) in [7, 11) is 0. The quantitative estimate of drug-likeness (QED) is 0.531. The zero-order chi connectivity index (χ0) is 23.6. The van der Waals surface area contributed by atoms with E-state index in [1.807, 2.05) is 31.2 Å². The molecule has 1 aromatic carbocycles. The highest BCUT2D eigenvalue weighted by molar-refractivity contribution is 5.80. The number of aryl methyl sites for hydroxylation is 1. The third kappa shape index (κ3) is 5.15. The number of alkyl halides is 3. The largest absolute Gasteiger partial charge is 0.410 e. The molecule has 10 heteroatoms. The lowest BCUT2D eigenvalue weighted by Gasteiger charge is -2.34. The smallest absolute Gasteiger partial charge is 0.363 e. The van der Waals surface area contributed by atoms with E-state index < -0.39 is 30.0 Å². The summed E-state index contributed by atoms with van der Waals surface area (Å²) in [6, 6.07) is 7.78. The molecule has 174 valence electrons. The van der Waals surface area contributed by atoms with Gasteiger partial charge in [0.15, 0.2) is 6.04 Å². The zero-order valence-corrected chi connectivity index (χ0v) is 17.9. The fourth-order valence-corrected chi connectivity index (χ4v) is 3.88. The number of carbonyl (C=O) groups is 1. The van der Waals surface area contributed by atoms with Gasteiger partial charge < -0.3 is 10.6 Å². The van der Waals surface area contributed by atoms with E-state index in [1.54, 1.807) is 0 Å². The number of aromatic nitrogens is 3. The van der Waals surface area contributed by atoms with E-state index in [0.29, 0.717) is 11.3 Å². The van der Waals surface area contributed by atoms with Crippen LogP contribution in [-0.4, -0.2) is 26.8 Å². The Morgan fingerprint density at radius 3 is 2.58 bits per heavy atom. The minimum atomic E-state index is -4.49. The Hall–Kier alpha value is -3.43. The predicted molar refractivity (Wildman–Crippen MR) is 114 cm³/mol. The standard InChI is InChI=1S/C23H23F4N5O/c1-2-14-3-5-15(6-4-14)19-10-20(23(25,26)27)32-22(31-19)16(11-30-32)9-21(33)29-13-18-8-7-17(24)12-28-18/h3-8,11-12,19-20,31H,2,9-10,13H2,1H3,(H,29,33)/t19-,20+/m1/s1. The average molecular weight is 461 g/mol. The van der Waals surface area contributed by atoms with Crippen LogP contribution in [0.1, 0.15) is 47.8 Å². The SMILES string of the molecule is CCc1ccc([C@H]2C[C@@H](C(F)(F)F)n3ncc(CC(=O)NCc4ccc(F)cn4)c3N2)cc1. The molecular weight excluding hydrogens is 438 g/mol. The number of anilines is 1. The molecule has 0 saturated carbocycles. The lowest BCUT2D eigenvalue weighted by Crippen LogP contribution is -2.36. The van der Waals surface area contributed by atoms with E-state index in [2.05, 4.69) is 20.7 Å². The summed E-state index contributed by atoms with van der Waals surface area (Å²) in [5.41, 5.74) is 2.67. The normalized spacial score (nSPS) is 17.8. The number of benzene rings is 1. The number of pyridine rings is 1. The van der Waals surface area contributed by atoms with Crippen molar-refractivity contribution in [3.8, 4) is 0 Å². The Morgan fingerprint density at radius 1 is 1.18 bits per heavy atom. The Balaban J connectivity index is 1.53. The van der Waals surface area contributed by atoms with Gasteiger partial charge in [-0.2, -0.15) is 18.3 Å². The maximum Gasteiger partial charge on any atom is 0.410 e. The molecule has 1 amide bonds. The first-order chi connectivity index (χ1) is 15.7. The summed E-state index contributed by atoms with van der Waals surface area (Å²) in [5.74, 6) is -0.708. The Labute approximate surface area is 188 Å². The molecule has 33 heavy (non-hydrogen) atoms. The number of carbonyl (C=O) groups excluding carboxylic acids is 1. The first-order valence-electron chi connectivity index (χ1n) is 10.6. The fourth-order valence-electron chi connectivity index (χ4n) is 3.88. The van der Waals surface area contributed by atoms with Crippen molar-refractivity contribution in [2.75, 3.05) is 5.32 Å². The van der Waals surface area contributed by atoms with Crippen molar-refractivity contribution < 1.29 is 22.4 Å². The van der Waals surface area contributed by atoms with Crippen LogP contribution in [0.2, 0.25) is 0 Å². The molecule has 1 aliphatic rings. The van der Waals surface area contributed by atoms with Crippen LogP contribution in [0.15, 0.2) is 48.8 Å². The molecule has 0 aliphatic carbocycles. The molecule has 0 bridgehead atoms. The van der Waals surface area contributed by atoms with Crippen molar-refractivity contribution in [2.24, 2.45) is 0 Å². The van der Waals surface area contributed by atoms with E-state index in [4.69, 9.17) is 0 Å². The number of hydrogen-bond acceptors (Lipinski definition) is 4. The van der Waals surface area contributed by atoms with Crippen LogP contribution >= 0.6 is 0 Å². The minimum absolute atomic E-state index is 0.0770. The topological polar surface area (TPSA) is 71.8 Å². The molecule has 0 unspecified atom stereocenters. The Kier molecular flexibility index (Phi) is 6.35. The van der Waals surface area contributed by atoms with Crippen LogP contribution in [0.4, 0.5) is 23.4 Å². The molecule has 1 aliphatic heterocycles. The molecule has 4 rings (SSSR count). The van der Waals surface area contributed by atoms with E-state index in [0.717, 1.165) is 28.4 Å². The van der Waals surface area contributed by atoms with Gasteiger partial charge in [0.25, 0.3) is 0 Å². The van der Waals surface area contributed by atoms with Gasteiger partial charge in [0.05, 0.1) is 37.1 Å². The van der Waals surface area contributed by atoms with Gasteiger partial charge in [-0.25, -0.2) is 9.07 Å². The third-order valence-electron chi connectivity index (χ3n) is 5.71. The van der Waals surface area contributed by atoms with E-state index in [1.165, 1.54) is 18.3 Å². The molecule has 2 aromatic heterocycles. The second-order valence-electron chi connectivity index (χ2n) is 7.97. The Morgan fingerprint density at radius 2 is 1.94 bits per heavy atom. The van der Waals surface area contributed by atoms with E-state index in [-0.39, 0.29) is 25.2 Å². The maximum atomic E-state index is 13.8. The van der Waals surface area contributed by atoms with Gasteiger partial charge in [-0.05, 0) is 29.7 Å². The first kappa shape index (κ1) is 22.8. The Bertz CT molecular complexity index is 1110. The lowest BCUT2D eigenvalue weighted by molar-refractivity contribution is -0.173. The van der Waals surface area contributed by atoms with E-state index in [9.17, 15) is 22.4 Å². The summed E-state index contributed by atoms with van der Waals surface area (Å²) >= 11 is 0. The maximum absolute atomic E-state index is 13.8. The molecule has 3 heterocycles. The number of rotatable bonds is 6. The van der Waals surface area contributed by atoms with Crippen molar-refractivity contribution in [3.05, 3.63) is 77.0 Å². The molecule has 2 N–H and O–H groups in total. The van der Waals surface area contributed by atoms with Crippen LogP contribution in [-0.2, 0) is 24.2 Å². The number of hydrogen-bond donors (Lipinski definition) is 2. The van der Waals surface area contributed by atoms with Crippen LogP contribution in [0.5, 0.6) is 0 Å². The van der Waals surface area contributed by atoms with Gasteiger partial charge in [0.2, 0.25) is 5.91 Å². The monoisotopic (exact) mass is 461 g/mol. The van der Waals surface area contributed by atoms with Crippen LogP contribution in [0.25, 0.3) is 0 Å². The highest BCUT2D eigenvalue weighted by Gasteiger charge is 2.46. The third-order valence-corrected chi connectivity index (χ3v) is 5.71. The van der Waals surface area contributed by atoms with Crippen molar-refractivity contribution in [1.82, 2.24) is 20.1 Å². The van der Waals surface area contributed by atoms with Crippen molar-refractivity contribution >= 4 is 11.7 Å². The number of nitrogens with one attached hydrogen (secondary N) is 2. The van der Waals surface area contributed by atoms with Gasteiger partial charge in [-0.3, -0.25) is 9.78 Å². The first-order valence-corrected chi connectivity index (χ1v) is 10.6. The molecular formula is C23H23F4N5O. The molecule has 0 radical (unpaired) electrons. The summed E-state index contributed by atoms with van der Waals surface area (Å²) in [5, 5.41) is 9.74. The van der Waals surface area contributed by atoms with Gasteiger partial charge in [0.1, 0.15) is 11.6 Å². The summed E-state index contributed by atoms with van der Waals surface area (Å²) < 4.78 is 55.4. The minimum Gasteiger partial charge on any atom is -0.363 e. The van der Waals surface area contributed by atoms with Crippen molar-refractivity contribution in [1.29, 1.82) is 0 Å². The highest BCUT2D eigenvalue weighted by Crippen LogP contribution is 2.44. The van der Waals surface area contributed by atoms with Crippen molar-refractivity contribution in [2.45, 2.75) is 51.0 Å². The van der Waals surface area contributed by atoms with Gasteiger partial charge >= 0.3 is 6.18 Å². The van der Waals surface area contributed by atoms with Crippen LogP contribution in [0.3, 0.4) is 0 Å². The summed E-state index contributed by atoms with van der Waals surface area (Å²) in [6.45, 7) is 2.09. The number of halogens is 4. The van der Waals surface area contributed by atoms with Gasteiger partial charge in [-0.15, -0.1) is 0 Å². The number of fused-ring (bicyclic) bond motifs is 1. The molecule has 2 atom stereocenters. The van der Waals surface area contributed by atoms with Gasteiger partial charge in [0, 0.05) is 12.0 Å². The molecule has 0 spiro atoms. The van der Waals surface area contributed by atoms with Crippen molar-refractivity contribution in [3.63, 3.8) is 0 Å². The predicted octanol–water partition coefficient (Wildman–Crippen LogP) is 4.50. The lowest BCUT2D eigenvalue weighted by atomic mass is 9.95. The highest BCUT2D eigenvalue weighted by atomic mass is 19.4. The van der Waals surface area contributed by atoms with E-state index >= 15 is 0 Å². The second kappa shape index (κ2) is 9.21. The molecule has 3 aromatic rings. The van der Waals surface area contributed by atoms with Crippen LogP contribution < -0.4 is 10.6 Å². The fraction of sp³-hybridized carbons (Fsp3) is 0.348. The zero-order valence-electron chi connectivity index (χ0n) is 17.9.